The van der Waals surface area contributed by atoms with Gasteiger partial charge in [0.05, 0.1) is 26.7 Å². The van der Waals surface area contributed by atoms with Gasteiger partial charge in [-0.3, -0.25) is 9.69 Å². The van der Waals surface area contributed by atoms with Crippen LogP contribution in [-0.4, -0.2) is 30.1 Å². The molecule has 3 aromatic rings. The maximum atomic E-state index is 12.4. The van der Waals surface area contributed by atoms with Crippen LogP contribution >= 0.6 is 0 Å². The predicted molar refractivity (Wildman–Crippen MR) is 126 cm³/mol. The predicted octanol–water partition coefficient (Wildman–Crippen LogP) is 5.23. The zero-order chi connectivity index (χ0) is 22.2. The Morgan fingerprint density at radius 1 is 0.844 bits per heavy atom. The van der Waals surface area contributed by atoms with Gasteiger partial charge >= 0.3 is 5.97 Å². The molecule has 166 valence electrons. The van der Waals surface area contributed by atoms with Crippen LogP contribution in [0.25, 0.3) is 0 Å². The van der Waals surface area contributed by atoms with Gasteiger partial charge in [0, 0.05) is 24.5 Å². The van der Waals surface area contributed by atoms with E-state index in [0.29, 0.717) is 19.6 Å². The summed E-state index contributed by atoms with van der Waals surface area (Å²) < 4.78 is 11.2. The highest BCUT2D eigenvalue weighted by Crippen LogP contribution is 2.52. The summed E-state index contributed by atoms with van der Waals surface area (Å²) in [5.41, 5.74) is 3.39. The van der Waals surface area contributed by atoms with Crippen LogP contribution in [0, 0.1) is 5.92 Å². The average molecular weight is 430 g/mol. The zero-order valence-corrected chi connectivity index (χ0v) is 18.7. The van der Waals surface area contributed by atoms with Gasteiger partial charge < -0.3 is 9.47 Å². The number of ether oxygens (including phenoxy) is 2. The van der Waals surface area contributed by atoms with Crippen molar-refractivity contribution in [2.45, 2.75) is 38.1 Å². The standard InChI is InChI=1S/C28H31NO3/c1-31-27(30)18-28(17-26(28)22-32-21-25-15-9-4-10-16-25)29(19-23-11-5-2-6-12-23)20-24-13-7-3-8-14-24/h2-16,26H,17-22H2,1H3/t26-,28-/m0/s1. The molecule has 4 heteroatoms. The summed E-state index contributed by atoms with van der Waals surface area (Å²) in [7, 11) is 1.47. The number of esters is 1. The lowest BCUT2D eigenvalue weighted by Gasteiger charge is -2.33. The van der Waals surface area contributed by atoms with Crippen LogP contribution in [0.3, 0.4) is 0 Å². The SMILES string of the molecule is COC(=O)C[C@@]1(N(Cc2ccccc2)Cc2ccccc2)C[C@H]1COCc1ccccc1. The molecule has 0 bridgehead atoms. The zero-order valence-electron chi connectivity index (χ0n) is 18.7. The molecule has 3 aromatic carbocycles. The summed E-state index contributed by atoms with van der Waals surface area (Å²) >= 11 is 0. The Balaban J connectivity index is 1.52. The minimum absolute atomic E-state index is 0.165. The maximum absolute atomic E-state index is 12.4. The highest BCUT2D eigenvalue weighted by atomic mass is 16.5. The smallest absolute Gasteiger partial charge is 0.307 e. The monoisotopic (exact) mass is 429 g/mol. The van der Waals surface area contributed by atoms with Gasteiger partial charge in [0.15, 0.2) is 0 Å². The Hall–Kier alpha value is -2.95. The van der Waals surface area contributed by atoms with Crippen LogP contribution in [0.4, 0.5) is 0 Å². The molecule has 1 saturated carbocycles. The van der Waals surface area contributed by atoms with Crippen LogP contribution in [-0.2, 0) is 34.0 Å². The topological polar surface area (TPSA) is 38.8 Å². The van der Waals surface area contributed by atoms with Crippen molar-refractivity contribution >= 4 is 5.97 Å². The van der Waals surface area contributed by atoms with Crippen molar-refractivity contribution in [2.24, 2.45) is 5.92 Å². The van der Waals surface area contributed by atoms with Gasteiger partial charge in [-0.1, -0.05) is 91.0 Å². The van der Waals surface area contributed by atoms with E-state index in [1.54, 1.807) is 0 Å². The maximum Gasteiger partial charge on any atom is 0.307 e. The molecule has 0 aliphatic heterocycles. The van der Waals surface area contributed by atoms with Gasteiger partial charge in [0.1, 0.15) is 0 Å². The van der Waals surface area contributed by atoms with Crippen LogP contribution in [0.15, 0.2) is 91.0 Å². The van der Waals surface area contributed by atoms with E-state index in [9.17, 15) is 4.79 Å². The summed E-state index contributed by atoms with van der Waals surface area (Å²) in [5, 5.41) is 0. The first kappa shape index (κ1) is 22.3. The summed E-state index contributed by atoms with van der Waals surface area (Å²) in [6, 6.07) is 31.1. The third kappa shape index (κ3) is 5.64. The molecule has 0 amide bonds. The van der Waals surface area contributed by atoms with E-state index < -0.39 is 0 Å². The van der Waals surface area contributed by atoms with Crippen molar-refractivity contribution in [1.82, 2.24) is 4.90 Å². The normalized spacial score (nSPS) is 19.6. The third-order valence-electron chi connectivity index (χ3n) is 6.37. The largest absolute Gasteiger partial charge is 0.469 e. The third-order valence-corrected chi connectivity index (χ3v) is 6.37. The molecule has 2 atom stereocenters. The molecule has 1 aliphatic carbocycles. The summed E-state index contributed by atoms with van der Waals surface area (Å²) in [6.07, 6.45) is 1.30. The molecule has 0 heterocycles. The first-order chi connectivity index (χ1) is 15.7. The Morgan fingerprint density at radius 2 is 1.34 bits per heavy atom. The van der Waals surface area contributed by atoms with Crippen molar-refractivity contribution in [1.29, 1.82) is 0 Å². The molecule has 0 N–H and O–H groups in total. The molecular formula is C28H31NO3. The van der Waals surface area contributed by atoms with Crippen LogP contribution in [0.2, 0.25) is 0 Å². The molecule has 32 heavy (non-hydrogen) atoms. The van der Waals surface area contributed by atoms with Crippen molar-refractivity contribution < 1.29 is 14.3 Å². The van der Waals surface area contributed by atoms with Crippen molar-refractivity contribution in [3.05, 3.63) is 108 Å². The number of benzene rings is 3. The summed E-state index contributed by atoms with van der Waals surface area (Å²) in [4.78, 5) is 14.9. The Bertz CT molecular complexity index is 936. The second kappa shape index (κ2) is 10.6. The molecule has 1 aliphatic rings. The van der Waals surface area contributed by atoms with Gasteiger partial charge in [0.2, 0.25) is 0 Å². The lowest BCUT2D eigenvalue weighted by molar-refractivity contribution is -0.143. The summed E-state index contributed by atoms with van der Waals surface area (Å²) in [6.45, 7) is 2.78. The van der Waals surface area contributed by atoms with E-state index in [4.69, 9.17) is 9.47 Å². The number of methoxy groups -OCH3 is 1. The number of rotatable bonds is 11. The molecule has 0 aromatic heterocycles. The molecule has 4 nitrogen and oxygen atoms in total. The molecule has 4 rings (SSSR count). The number of hydrogen-bond donors (Lipinski definition) is 0. The van der Waals surface area contributed by atoms with Gasteiger partial charge in [-0.2, -0.15) is 0 Å². The molecule has 0 unspecified atom stereocenters. The van der Waals surface area contributed by atoms with Gasteiger partial charge in [-0.15, -0.1) is 0 Å². The van der Waals surface area contributed by atoms with Crippen LogP contribution in [0.5, 0.6) is 0 Å². The van der Waals surface area contributed by atoms with E-state index in [0.717, 1.165) is 25.1 Å². The number of nitrogens with zero attached hydrogens (tertiary/aromatic N) is 1. The minimum Gasteiger partial charge on any atom is -0.469 e. The van der Waals surface area contributed by atoms with Crippen molar-refractivity contribution in [2.75, 3.05) is 13.7 Å². The number of carbonyl (C=O) groups is 1. The fourth-order valence-electron chi connectivity index (χ4n) is 4.49. The second-order valence-corrected chi connectivity index (χ2v) is 8.59. The van der Waals surface area contributed by atoms with Crippen LogP contribution < -0.4 is 0 Å². The lowest BCUT2D eigenvalue weighted by atomic mass is 10.0. The highest BCUT2D eigenvalue weighted by Gasteiger charge is 2.59. The minimum atomic E-state index is -0.254. The number of carbonyl (C=O) groups excluding carboxylic acids is 1. The molecule has 0 saturated heterocycles. The fraction of sp³-hybridized carbons (Fsp3) is 0.321. The van der Waals surface area contributed by atoms with Crippen LogP contribution in [0.1, 0.15) is 29.5 Å². The van der Waals surface area contributed by atoms with Gasteiger partial charge in [0.25, 0.3) is 0 Å². The van der Waals surface area contributed by atoms with E-state index in [1.165, 1.54) is 18.2 Å². The first-order valence-electron chi connectivity index (χ1n) is 11.2. The second-order valence-electron chi connectivity index (χ2n) is 8.59. The molecule has 0 spiro atoms. The number of hydrogen-bond acceptors (Lipinski definition) is 4. The van der Waals surface area contributed by atoms with Crippen molar-refractivity contribution in [3.8, 4) is 0 Å². The molecule has 0 radical (unpaired) electrons. The Labute approximate surface area is 190 Å². The fourth-order valence-corrected chi connectivity index (χ4v) is 4.49. The Kier molecular flexibility index (Phi) is 7.35. The molecular weight excluding hydrogens is 398 g/mol. The van der Waals surface area contributed by atoms with Gasteiger partial charge in [-0.05, 0) is 23.1 Å². The van der Waals surface area contributed by atoms with E-state index >= 15 is 0 Å². The van der Waals surface area contributed by atoms with E-state index in [-0.39, 0.29) is 17.4 Å². The van der Waals surface area contributed by atoms with E-state index in [2.05, 4.69) is 65.6 Å². The van der Waals surface area contributed by atoms with E-state index in [1.807, 2.05) is 30.3 Å². The van der Waals surface area contributed by atoms with Gasteiger partial charge in [-0.25, -0.2) is 0 Å². The summed E-state index contributed by atoms with van der Waals surface area (Å²) in [5.74, 6) is 0.124. The quantitative estimate of drug-likeness (QED) is 0.391. The molecule has 1 fully saturated rings. The lowest BCUT2D eigenvalue weighted by Crippen LogP contribution is -2.41. The highest BCUT2D eigenvalue weighted by molar-refractivity contribution is 5.71. The van der Waals surface area contributed by atoms with Crippen molar-refractivity contribution in [3.63, 3.8) is 0 Å². The first-order valence-corrected chi connectivity index (χ1v) is 11.2. The Morgan fingerprint density at radius 3 is 1.84 bits per heavy atom. The average Bonchev–Trinajstić information content (AvgIpc) is 3.54.